The van der Waals surface area contributed by atoms with Crippen LogP contribution in [-0.4, -0.2) is 71.1 Å². The summed E-state index contributed by atoms with van der Waals surface area (Å²) < 4.78 is 0. The van der Waals surface area contributed by atoms with Gasteiger partial charge in [0.1, 0.15) is 12.1 Å². The van der Waals surface area contributed by atoms with E-state index in [1.165, 1.54) is 0 Å². The van der Waals surface area contributed by atoms with Crippen molar-refractivity contribution in [1.82, 2.24) is 16.0 Å². The molecule has 34 heavy (non-hydrogen) atoms. The van der Waals surface area contributed by atoms with Crippen LogP contribution in [0.25, 0.3) is 0 Å². The molecule has 0 heterocycles. The van der Waals surface area contributed by atoms with E-state index in [2.05, 4.69) is 16.0 Å². The average molecular weight is 480 g/mol. The van der Waals surface area contributed by atoms with Crippen LogP contribution < -0.4 is 27.4 Å². The second-order valence-corrected chi connectivity index (χ2v) is 7.75. The van der Waals surface area contributed by atoms with Crippen molar-refractivity contribution in [3.8, 4) is 0 Å². The number of rotatable bonds is 16. The zero-order chi connectivity index (χ0) is 25.5. The highest BCUT2D eigenvalue weighted by molar-refractivity contribution is 5.92. The van der Waals surface area contributed by atoms with E-state index in [-0.39, 0.29) is 25.7 Å². The van der Waals surface area contributed by atoms with Gasteiger partial charge >= 0.3 is 11.9 Å². The molecular formula is C22H33N5O7. The van der Waals surface area contributed by atoms with E-state index in [1.54, 1.807) is 30.3 Å². The SMILES string of the molecule is NCCCCC(NC(=O)C(Cc1ccccc1)NC(=O)CNC(=O)C(N)CCC(=O)O)C(=O)O. The number of benzene rings is 1. The van der Waals surface area contributed by atoms with Gasteiger partial charge < -0.3 is 37.6 Å². The summed E-state index contributed by atoms with van der Waals surface area (Å²) in [6.07, 6.45) is 1.02. The Kier molecular flexibility index (Phi) is 12.9. The van der Waals surface area contributed by atoms with Crippen LogP contribution in [-0.2, 0) is 30.4 Å². The first kappa shape index (κ1) is 28.5. The molecule has 0 aliphatic heterocycles. The van der Waals surface area contributed by atoms with E-state index < -0.39 is 54.3 Å². The van der Waals surface area contributed by atoms with Crippen molar-refractivity contribution in [2.45, 2.75) is 56.7 Å². The minimum atomic E-state index is -1.20. The fourth-order valence-corrected chi connectivity index (χ4v) is 3.04. The predicted molar refractivity (Wildman–Crippen MR) is 122 cm³/mol. The maximum Gasteiger partial charge on any atom is 0.326 e. The Labute approximate surface area is 197 Å². The molecule has 1 aromatic rings. The molecular weight excluding hydrogens is 446 g/mol. The van der Waals surface area contributed by atoms with Crippen molar-refractivity contribution in [3.05, 3.63) is 35.9 Å². The Bertz CT molecular complexity index is 834. The minimum absolute atomic E-state index is 0.0947. The Hall–Kier alpha value is -3.51. The van der Waals surface area contributed by atoms with Gasteiger partial charge in [0.05, 0.1) is 12.6 Å². The molecule has 9 N–H and O–H groups in total. The molecule has 0 fully saturated rings. The monoisotopic (exact) mass is 479 g/mol. The van der Waals surface area contributed by atoms with E-state index >= 15 is 0 Å². The molecule has 3 amide bonds. The highest BCUT2D eigenvalue weighted by atomic mass is 16.4. The van der Waals surface area contributed by atoms with Gasteiger partial charge in [-0.05, 0) is 37.8 Å². The van der Waals surface area contributed by atoms with Crippen LogP contribution in [0.15, 0.2) is 30.3 Å². The van der Waals surface area contributed by atoms with Gasteiger partial charge in [-0.25, -0.2) is 4.79 Å². The molecule has 0 radical (unpaired) electrons. The topological polar surface area (TPSA) is 214 Å². The third-order valence-corrected chi connectivity index (χ3v) is 4.93. The van der Waals surface area contributed by atoms with Crippen LogP contribution in [0.4, 0.5) is 0 Å². The lowest BCUT2D eigenvalue weighted by molar-refractivity contribution is -0.142. The molecule has 0 aromatic heterocycles. The van der Waals surface area contributed by atoms with Crippen LogP contribution in [0.5, 0.6) is 0 Å². The number of unbranched alkanes of at least 4 members (excludes halogenated alkanes) is 1. The van der Waals surface area contributed by atoms with Crippen molar-refractivity contribution < 1.29 is 34.2 Å². The summed E-state index contributed by atoms with van der Waals surface area (Å²) in [5.74, 6) is -4.37. The highest BCUT2D eigenvalue weighted by Crippen LogP contribution is 2.06. The van der Waals surface area contributed by atoms with Gasteiger partial charge in [-0.15, -0.1) is 0 Å². The molecule has 12 heteroatoms. The molecule has 3 unspecified atom stereocenters. The molecule has 0 saturated heterocycles. The normalized spacial score (nSPS) is 13.2. The van der Waals surface area contributed by atoms with Crippen molar-refractivity contribution in [2.75, 3.05) is 13.1 Å². The van der Waals surface area contributed by atoms with Crippen molar-refractivity contribution in [3.63, 3.8) is 0 Å². The molecule has 0 aliphatic rings. The van der Waals surface area contributed by atoms with Crippen molar-refractivity contribution in [1.29, 1.82) is 0 Å². The number of hydrogen-bond donors (Lipinski definition) is 7. The van der Waals surface area contributed by atoms with Gasteiger partial charge in [0, 0.05) is 12.8 Å². The van der Waals surface area contributed by atoms with Gasteiger partial charge in [0.15, 0.2) is 0 Å². The third-order valence-electron chi connectivity index (χ3n) is 4.93. The number of carbonyl (C=O) groups is 5. The molecule has 3 atom stereocenters. The number of nitrogens with two attached hydrogens (primary N) is 2. The van der Waals surface area contributed by atoms with Gasteiger partial charge in [-0.2, -0.15) is 0 Å². The van der Waals surface area contributed by atoms with Crippen molar-refractivity contribution >= 4 is 29.7 Å². The molecule has 188 valence electrons. The maximum atomic E-state index is 12.8. The smallest absolute Gasteiger partial charge is 0.326 e. The van der Waals surface area contributed by atoms with Crippen molar-refractivity contribution in [2.24, 2.45) is 11.5 Å². The number of carboxylic acid groups (broad SMARTS) is 2. The molecule has 0 aliphatic carbocycles. The van der Waals surface area contributed by atoms with Gasteiger partial charge in [-0.1, -0.05) is 30.3 Å². The first-order valence-corrected chi connectivity index (χ1v) is 11.0. The quantitative estimate of drug-likeness (QED) is 0.140. The van der Waals surface area contributed by atoms with Gasteiger partial charge in [-0.3, -0.25) is 19.2 Å². The summed E-state index contributed by atoms with van der Waals surface area (Å²) in [6, 6.07) is 5.49. The summed E-state index contributed by atoms with van der Waals surface area (Å²) in [4.78, 5) is 59.3. The Balaban J connectivity index is 2.78. The standard InChI is InChI=1S/C22H33N5O7/c23-11-5-4-8-16(22(33)34)27-21(32)17(12-14-6-2-1-3-7-14)26-18(28)13-25-20(31)15(24)9-10-19(29)30/h1-3,6-7,15-17H,4-5,8-13,23-24H2,(H,25,31)(H,26,28)(H,27,32)(H,29,30)(H,33,34). The summed E-state index contributed by atoms with van der Waals surface area (Å²) in [5, 5.41) is 25.3. The number of nitrogens with one attached hydrogen (secondary N) is 3. The van der Waals surface area contributed by atoms with E-state index in [0.717, 1.165) is 5.56 Å². The van der Waals surface area contributed by atoms with Gasteiger partial charge in [0.25, 0.3) is 0 Å². The van der Waals surface area contributed by atoms with E-state index in [4.69, 9.17) is 16.6 Å². The Morgan fingerprint density at radius 1 is 0.882 bits per heavy atom. The molecule has 0 bridgehead atoms. The highest BCUT2D eigenvalue weighted by Gasteiger charge is 2.27. The van der Waals surface area contributed by atoms with E-state index in [1.807, 2.05) is 0 Å². The van der Waals surface area contributed by atoms with Crippen LogP contribution in [0.1, 0.15) is 37.7 Å². The second kappa shape index (κ2) is 15.3. The maximum absolute atomic E-state index is 12.8. The Morgan fingerprint density at radius 2 is 1.56 bits per heavy atom. The van der Waals surface area contributed by atoms with E-state index in [9.17, 15) is 29.1 Å². The van der Waals surface area contributed by atoms with Gasteiger partial charge in [0.2, 0.25) is 17.7 Å². The Morgan fingerprint density at radius 3 is 2.15 bits per heavy atom. The molecule has 0 spiro atoms. The number of hydrogen-bond acceptors (Lipinski definition) is 7. The number of carbonyl (C=O) groups excluding carboxylic acids is 3. The predicted octanol–water partition coefficient (Wildman–Crippen LogP) is -1.28. The molecule has 0 saturated carbocycles. The minimum Gasteiger partial charge on any atom is -0.481 e. The zero-order valence-corrected chi connectivity index (χ0v) is 18.9. The number of carboxylic acids is 2. The summed E-state index contributed by atoms with van der Waals surface area (Å²) in [6.45, 7) is -0.0876. The van der Waals surface area contributed by atoms with Crippen LogP contribution in [0.2, 0.25) is 0 Å². The fraction of sp³-hybridized carbons (Fsp3) is 0.500. The first-order chi connectivity index (χ1) is 16.1. The first-order valence-electron chi connectivity index (χ1n) is 11.0. The van der Waals surface area contributed by atoms with Crippen LogP contribution >= 0.6 is 0 Å². The largest absolute Gasteiger partial charge is 0.481 e. The average Bonchev–Trinajstić information content (AvgIpc) is 2.80. The third kappa shape index (κ3) is 11.4. The fourth-order valence-electron chi connectivity index (χ4n) is 3.04. The summed E-state index contributed by atoms with van der Waals surface area (Å²) in [7, 11) is 0. The number of amides is 3. The zero-order valence-electron chi connectivity index (χ0n) is 18.9. The number of aliphatic carboxylic acids is 2. The molecule has 1 aromatic carbocycles. The lowest BCUT2D eigenvalue weighted by Crippen LogP contribution is -2.54. The van der Waals surface area contributed by atoms with Crippen LogP contribution in [0.3, 0.4) is 0 Å². The summed E-state index contributed by atoms with van der Waals surface area (Å²) >= 11 is 0. The van der Waals surface area contributed by atoms with Crippen LogP contribution in [0, 0.1) is 0 Å². The molecule has 1 rings (SSSR count). The second-order valence-electron chi connectivity index (χ2n) is 7.75. The lowest BCUT2D eigenvalue weighted by Gasteiger charge is -2.22. The lowest BCUT2D eigenvalue weighted by atomic mass is 10.0. The molecule has 12 nitrogen and oxygen atoms in total. The summed E-state index contributed by atoms with van der Waals surface area (Å²) in [5.41, 5.74) is 11.8. The van der Waals surface area contributed by atoms with E-state index in [0.29, 0.717) is 19.4 Å².